The molecule has 0 spiro atoms. The lowest BCUT2D eigenvalue weighted by Crippen LogP contribution is -2.25. The fourth-order valence-electron chi connectivity index (χ4n) is 2.24. The highest BCUT2D eigenvalue weighted by molar-refractivity contribution is 6.04. The van der Waals surface area contributed by atoms with Crippen LogP contribution in [0.2, 0.25) is 0 Å². The molecule has 4 N–H and O–H groups in total. The van der Waals surface area contributed by atoms with Crippen molar-refractivity contribution in [2.45, 2.75) is 32.4 Å². The highest BCUT2D eigenvalue weighted by atomic mass is 35.5. The average Bonchev–Trinajstić information content (AvgIpc) is 2.58. The SMILES string of the molecule is CC(N)CCC(=O)NCc1cccc(NC(=O)c2cccc(F)c2)c1.Cl. The van der Waals surface area contributed by atoms with Crippen LogP contribution >= 0.6 is 12.4 Å². The van der Waals surface area contributed by atoms with Crippen molar-refractivity contribution in [3.05, 3.63) is 65.5 Å². The van der Waals surface area contributed by atoms with Crippen LogP contribution in [0.15, 0.2) is 48.5 Å². The molecule has 0 aliphatic heterocycles. The van der Waals surface area contributed by atoms with Crippen LogP contribution in [0, 0.1) is 5.82 Å². The summed E-state index contributed by atoms with van der Waals surface area (Å²) >= 11 is 0. The molecule has 0 radical (unpaired) electrons. The molecule has 7 heteroatoms. The molecule has 2 aromatic rings. The summed E-state index contributed by atoms with van der Waals surface area (Å²) in [5.74, 6) is -0.917. The summed E-state index contributed by atoms with van der Waals surface area (Å²) < 4.78 is 13.2. The predicted octanol–water partition coefficient (Wildman–Crippen LogP) is 3.24. The third kappa shape index (κ3) is 7.21. The Balaban J connectivity index is 0.00000338. The van der Waals surface area contributed by atoms with Crippen LogP contribution in [0.5, 0.6) is 0 Å². The monoisotopic (exact) mass is 379 g/mol. The van der Waals surface area contributed by atoms with Gasteiger partial charge in [-0.1, -0.05) is 18.2 Å². The highest BCUT2D eigenvalue weighted by Crippen LogP contribution is 2.13. The van der Waals surface area contributed by atoms with E-state index in [-0.39, 0.29) is 29.9 Å². The summed E-state index contributed by atoms with van der Waals surface area (Å²) in [7, 11) is 0. The van der Waals surface area contributed by atoms with Gasteiger partial charge < -0.3 is 16.4 Å². The number of halogens is 2. The van der Waals surface area contributed by atoms with Crippen LogP contribution in [0.3, 0.4) is 0 Å². The highest BCUT2D eigenvalue weighted by Gasteiger charge is 2.08. The lowest BCUT2D eigenvalue weighted by atomic mass is 10.1. The Morgan fingerprint density at radius 1 is 1.15 bits per heavy atom. The maximum absolute atomic E-state index is 13.2. The summed E-state index contributed by atoms with van der Waals surface area (Å²) in [5, 5.41) is 5.54. The van der Waals surface area contributed by atoms with Crippen molar-refractivity contribution in [2.24, 2.45) is 5.73 Å². The maximum Gasteiger partial charge on any atom is 0.255 e. The van der Waals surface area contributed by atoms with Crippen LogP contribution in [-0.4, -0.2) is 17.9 Å². The lowest BCUT2D eigenvalue weighted by molar-refractivity contribution is -0.121. The molecular weight excluding hydrogens is 357 g/mol. The minimum absolute atomic E-state index is 0. The van der Waals surface area contributed by atoms with E-state index in [1.807, 2.05) is 13.0 Å². The van der Waals surface area contributed by atoms with Crippen molar-refractivity contribution in [3.8, 4) is 0 Å². The Bertz CT molecular complexity index is 753. The Morgan fingerprint density at radius 3 is 2.58 bits per heavy atom. The topological polar surface area (TPSA) is 84.2 Å². The van der Waals surface area contributed by atoms with E-state index < -0.39 is 11.7 Å². The number of nitrogens with two attached hydrogens (primary N) is 1. The van der Waals surface area contributed by atoms with Gasteiger partial charge in [0.1, 0.15) is 5.82 Å². The molecule has 5 nitrogen and oxygen atoms in total. The van der Waals surface area contributed by atoms with Crippen molar-refractivity contribution < 1.29 is 14.0 Å². The number of nitrogens with one attached hydrogen (secondary N) is 2. The van der Waals surface area contributed by atoms with Crippen LogP contribution in [0.1, 0.15) is 35.7 Å². The van der Waals surface area contributed by atoms with E-state index in [1.165, 1.54) is 18.2 Å². The van der Waals surface area contributed by atoms with Gasteiger partial charge in [-0.25, -0.2) is 4.39 Å². The van der Waals surface area contributed by atoms with Crippen molar-refractivity contribution >= 4 is 29.9 Å². The number of anilines is 1. The fraction of sp³-hybridized carbons (Fsp3) is 0.263. The van der Waals surface area contributed by atoms with Gasteiger partial charge in [0.15, 0.2) is 0 Å². The Labute approximate surface area is 158 Å². The van der Waals surface area contributed by atoms with Crippen LogP contribution < -0.4 is 16.4 Å². The van der Waals surface area contributed by atoms with E-state index in [1.54, 1.807) is 24.3 Å². The van der Waals surface area contributed by atoms with E-state index in [2.05, 4.69) is 10.6 Å². The van der Waals surface area contributed by atoms with E-state index in [4.69, 9.17) is 5.73 Å². The first-order valence-corrected chi connectivity index (χ1v) is 8.12. The molecule has 0 bridgehead atoms. The molecule has 2 amide bonds. The molecule has 0 aliphatic rings. The summed E-state index contributed by atoms with van der Waals surface area (Å²) in [6.45, 7) is 2.22. The maximum atomic E-state index is 13.2. The molecule has 1 atom stereocenters. The standard InChI is InChI=1S/C19H22FN3O2.ClH/c1-13(21)8-9-18(24)22-12-14-4-2-7-17(10-14)23-19(25)15-5-3-6-16(20)11-15;/h2-7,10-11,13H,8-9,12,21H2,1H3,(H,22,24)(H,23,25);1H. The molecule has 26 heavy (non-hydrogen) atoms. The molecule has 140 valence electrons. The number of rotatable bonds is 7. The number of carbonyl (C=O) groups excluding carboxylic acids is 2. The zero-order valence-electron chi connectivity index (χ0n) is 14.5. The third-order valence-corrected chi connectivity index (χ3v) is 3.59. The molecule has 2 aromatic carbocycles. The second-order valence-corrected chi connectivity index (χ2v) is 5.96. The molecule has 0 heterocycles. The van der Waals surface area contributed by atoms with Gasteiger partial charge in [-0.3, -0.25) is 9.59 Å². The van der Waals surface area contributed by atoms with Gasteiger partial charge in [0, 0.05) is 30.3 Å². The number of amides is 2. The zero-order chi connectivity index (χ0) is 18.2. The first-order valence-electron chi connectivity index (χ1n) is 8.12. The third-order valence-electron chi connectivity index (χ3n) is 3.59. The number of hydrogen-bond acceptors (Lipinski definition) is 3. The van der Waals surface area contributed by atoms with E-state index in [0.29, 0.717) is 25.1 Å². The van der Waals surface area contributed by atoms with Crippen molar-refractivity contribution in [1.29, 1.82) is 0 Å². The first kappa shape index (κ1) is 21.6. The molecule has 0 saturated carbocycles. The number of hydrogen-bond donors (Lipinski definition) is 3. The Morgan fingerprint density at radius 2 is 1.88 bits per heavy atom. The Hall–Kier alpha value is -2.44. The normalized spacial score (nSPS) is 11.2. The molecule has 1 unspecified atom stereocenters. The second kappa shape index (κ2) is 10.5. The van der Waals surface area contributed by atoms with Crippen molar-refractivity contribution in [2.75, 3.05) is 5.32 Å². The van der Waals surface area contributed by atoms with Crippen molar-refractivity contribution in [3.63, 3.8) is 0 Å². The minimum Gasteiger partial charge on any atom is -0.352 e. The second-order valence-electron chi connectivity index (χ2n) is 5.96. The van der Waals surface area contributed by atoms with Gasteiger partial charge in [0.05, 0.1) is 0 Å². The fourth-order valence-corrected chi connectivity index (χ4v) is 2.24. The summed E-state index contributed by atoms with van der Waals surface area (Å²) in [4.78, 5) is 23.9. The van der Waals surface area contributed by atoms with E-state index >= 15 is 0 Å². The largest absolute Gasteiger partial charge is 0.352 e. The van der Waals surface area contributed by atoms with Gasteiger partial charge in [-0.2, -0.15) is 0 Å². The summed E-state index contributed by atoms with van der Waals surface area (Å²) in [6, 6.07) is 12.6. The van der Waals surface area contributed by atoms with Crippen molar-refractivity contribution in [1.82, 2.24) is 5.32 Å². The van der Waals surface area contributed by atoms with Crippen LogP contribution in [-0.2, 0) is 11.3 Å². The molecule has 2 rings (SSSR count). The van der Waals surface area contributed by atoms with E-state index in [9.17, 15) is 14.0 Å². The van der Waals surface area contributed by atoms with Crippen LogP contribution in [0.4, 0.5) is 10.1 Å². The summed E-state index contributed by atoms with van der Waals surface area (Å²) in [5.41, 5.74) is 7.31. The molecule has 0 aliphatic carbocycles. The van der Waals surface area contributed by atoms with E-state index in [0.717, 1.165) is 5.56 Å². The van der Waals surface area contributed by atoms with Gasteiger partial charge >= 0.3 is 0 Å². The molecule has 0 aromatic heterocycles. The predicted molar refractivity (Wildman–Crippen MR) is 103 cm³/mol. The van der Waals surface area contributed by atoms with Gasteiger partial charge in [-0.05, 0) is 49.2 Å². The first-order chi connectivity index (χ1) is 11.9. The van der Waals surface area contributed by atoms with Gasteiger partial charge in [0.2, 0.25) is 5.91 Å². The quantitative estimate of drug-likeness (QED) is 0.690. The average molecular weight is 380 g/mol. The van der Waals surface area contributed by atoms with Gasteiger partial charge in [0.25, 0.3) is 5.91 Å². The number of carbonyl (C=O) groups is 2. The van der Waals surface area contributed by atoms with Gasteiger partial charge in [-0.15, -0.1) is 12.4 Å². The lowest BCUT2D eigenvalue weighted by Gasteiger charge is -2.09. The Kier molecular flexibility index (Phi) is 8.75. The summed E-state index contributed by atoms with van der Waals surface area (Å²) in [6.07, 6.45) is 1.02. The minimum atomic E-state index is -0.462. The van der Waals surface area contributed by atoms with Crippen LogP contribution in [0.25, 0.3) is 0 Å². The molecular formula is C19H23ClFN3O2. The molecule has 0 saturated heterocycles. The molecule has 0 fully saturated rings. The number of benzene rings is 2. The smallest absolute Gasteiger partial charge is 0.255 e. The zero-order valence-corrected chi connectivity index (χ0v) is 15.3.